The average Bonchev–Trinajstić information content (AvgIpc) is 2.35. The van der Waals surface area contributed by atoms with Gasteiger partial charge in [-0.1, -0.05) is 0 Å². The van der Waals surface area contributed by atoms with Crippen molar-refractivity contribution < 1.29 is 4.79 Å². The van der Waals surface area contributed by atoms with E-state index in [0.717, 1.165) is 31.4 Å². The van der Waals surface area contributed by atoms with E-state index < -0.39 is 0 Å². The molecule has 0 aromatic carbocycles. The fourth-order valence-electron chi connectivity index (χ4n) is 1.87. The standard InChI is InChI=1S/C12H18N2OSe/c1-14(8-7-12(15)16-2)11-5-3-10(9-13)4-6-11/h3,11H,4-8H2,1-2H3. The third-order valence-corrected chi connectivity index (χ3v) is 4.43. The third-order valence-electron chi connectivity index (χ3n) is 3.05. The summed E-state index contributed by atoms with van der Waals surface area (Å²) < 4.78 is 0.392. The first-order chi connectivity index (χ1) is 7.67. The van der Waals surface area contributed by atoms with E-state index in [0.29, 0.717) is 17.1 Å². The Kier molecular flexibility index (Phi) is 5.76. The fourth-order valence-corrected chi connectivity index (χ4v) is 2.49. The van der Waals surface area contributed by atoms with Crippen molar-refractivity contribution in [1.29, 1.82) is 5.26 Å². The monoisotopic (exact) mass is 286 g/mol. The summed E-state index contributed by atoms with van der Waals surface area (Å²) in [6.07, 6.45) is 5.60. The van der Waals surface area contributed by atoms with Crippen molar-refractivity contribution in [2.45, 2.75) is 37.5 Å². The summed E-state index contributed by atoms with van der Waals surface area (Å²) >= 11 is 0.140. The molecule has 0 aromatic rings. The van der Waals surface area contributed by atoms with Crippen LogP contribution in [-0.4, -0.2) is 44.2 Å². The molecule has 1 aliphatic rings. The summed E-state index contributed by atoms with van der Waals surface area (Å²) in [5.41, 5.74) is 0.914. The zero-order valence-corrected chi connectivity index (χ0v) is 11.6. The van der Waals surface area contributed by atoms with Crippen LogP contribution < -0.4 is 0 Å². The minimum atomic E-state index is 0.140. The molecule has 0 radical (unpaired) electrons. The molecule has 0 spiro atoms. The van der Waals surface area contributed by atoms with Gasteiger partial charge < -0.3 is 0 Å². The predicted octanol–water partition coefficient (Wildman–Crippen LogP) is 1.59. The maximum absolute atomic E-state index is 11.2. The van der Waals surface area contributed by atoms with Crippen molar-refractivity contribution >= 4 is 19.6 Å². The molecule has 1 unspecified atom stereocenters. The van der Waals surface area contributed by atoms with Gasteiger partial charge in [0.05, 0.1) is 0 Å². The second-order valence-corrected chi connectivity index (χ2v) is 5.89. The number of nitrogens with zero attached hydrogens (tertiary/aromatic N) is 2. The molecule has 4 heteroatoms. The molecule has 0 amide bonds. The van der Waals surface area contributed by atoms with Gasteiger partial charge in [0.1, 0.15) is 0 Å². The molecule has 0 aromatic heterocycles. The van der Waals surface area contributed by atoms with E-state index >= 15 is 0 Å². The molecular weight excluding hydrogens is 267 g/mol. The summed E-state index contributed by atoms with van der Waals surface area (Å²) in [5.74, 6) is 1.97. The first-order valence-corrected chi connectivity index (χ1v) is 8.10. The van der Waals surface area contributed by atoms with Gasteiger partial charge in [0, 0.05) is 0 Å². The van der Waals surface area contributed by atoms with Gasteiger partial charge in [0.2, 0.25) is 0 Å². The van der Waals surface area contributed by atoms with Crippen molar-refractivity contribution in [3.8, 4) is 6.07 Å². The van der Waals surface area contributed by atoms with Crippen LogP contribution in [0.1, 0.15) is 25.7 Å². The number of hydrogen-bond acceptors (Lipinski definition) is 3. The van der Waals surface area contributed by atoms with Crippen LogP contribution in [0.4, 0.5) is 0 Å². The molecule has 0 saturated carbocycles. The van der Waals surface area contributed by atoms with Gasteiger partial charge in [-0.15, -0.1) is 0 Å². The molecule has 88 valence electrons. The number of allylic oxidation sites excluding steroid dienone is 1. The van der Waals surface area contributed by atoms with Gasteiger partial charge in [0.15, 0.2) is 0 Å². The molecule has 0 bridgehead atoms. The quantitative estimate of drug-likeness (QED) is 0.721. The molecule has 0 N–H and O–H groups in total. The van der Waals surface area contributed by atoms with E-state index in [4.69, 9.17) is 5.26 Å². The fraction of sp³-hybridized carbons (Fsp3) is 0.667. The van der Waals surface area contributed by atoms with Crippen LogP contribution in [0.5, 0.6) is 0 Å². The molecule has 0 heterocycles. The van der Waals surface area contributed by atoms with Crippen molar-refractivity contribution in [2.24, 2.45) is 0 Å². The first-order valence-electron chi connectivity index (χ1n) is 5.53. The summed E-state index contributed by atoms with van der Waals surface area (Å²) in [6, 6.07) is 2.72. The number of carbonyl (C=O) groups excluding carboxylic acids is 1. The summed E-state index contributed by atoms with van der Waals surface area (Å²) in [4.78, 5) is 13.5. The van der Waals surface area contributed by atoms with Crippen LogP contribution in [0.3, 0.4) is 0 Å². The SMILES string of the molecule is C[Se]C(=O)CCN(C)C1CC=C(C#N)CC1. The number of hydrogen-bond donors (Lipinski definition) is 0. The van der Waals surface area contributed by atoms with E-state index in [2.05, 4.69) is 18.0 Å². The Morgan fingerprint density at radius 1 is 1.75 bits per heavy atom. The topological polar surface area (TPSA) is 44.1 Å². The minimum absolute atomic E-state index is 0.140. The molecule has 0 aliphatic heterocycles. The van der Waals surface area contributed by atoms with Crippen LogP contribution in [0.25, 0.3) is 0 Å². The third kappa shape index (κ3) is 4.09. The molecule has 3 nitrogen and oxygen atoms in total. The predicted molar refractivity (Wildman–Crippen MR) is 65.2 cm³/mol. The Balaban J connectivity index is 2.34. The molecule has 0 saturated heterocycles. The van der Waals surface area contributed by atoms with Gasteiger partial charge >= 0.3 is 103 Å². The molecular formula is C12H18N2OSe. The van der Waals surface area contributed by atoms with Crippen molar-refractivity contribution in [3.05, 3.63) is 11.6 Å². The number of carbonyl (C=O) groups is 1. The van der Waals surface area contributed by atoms with E-state index in [-0.39, 0.29) is 15.0 Å². The van der Waals surface area contributed by atoms with Crippen LogP contribution >= 0.6 is 0 Å². The van der Waals surface area contributed by atoms with Crippen molar-refractivity contribution in [3.63, 3.8) is 0 Å². The van der Waals surface area contributed by atoms with E-state index in [1.54, 1.807) is 0 Å². The van der Waals surface area contributed by atoms with E-state index in [1.165, 1.54) is 0 Å². The molecule has 1 rings (SSSR count). The number of rotatable bonds is 5. The maximum atomic E-state index is 11.2. The Labute approximate surface area is 104 Å². The second-order valence-electron chi connectivity index (χ2n) is 4.08. The Morgan fingerprint density at radius 3 is 3.00 bits per heavy atom. The van der Waals surface area contributed by atoms with Gasteiger partial charge in [-0.25, -0.2) is 0 Å². The van der Waals surface area contributed by atoms with Crippen LogP contribution in [0.15, 0.2) is 11.6 Å². The van der Waals surface area contributed by atoms with Crippen LogP contribution in [0, 0.1) is 11.3 Å². The number of nitriles is 1. The summed E-state index contributed by atoms with van der Waals surface area (Å²) in [6.45, 7) is 0.856. The molecule has 0 fully saturated rings. The van der Waals surface area contributed by atoms with Crippen molar-refractivity contribution in [1.82, 2.24) is 4.90 Å². The van der Waals surface area contributed by atoms with Crippen LogP contribution in [0.2, 0.25) is 5.82 Å². The molecule has 16 heavy (non-hydrogen) atoms. The summed E-state index contributed by atoms with van der Waals surface area (Å²) in [5, 5.41) is 8.75. The van der Waals surface area contributed by atoms with Gasteiger partial charge in [-0.05, 0) is 0 Å². The zero-order valence-electron chi connectivity index (χ0n) is 9.90. The average molecular weight is 285 g/mol. The van der Waals surface area contributed by atoms with Gasteiger partial charge in [-0.2, -0.15) is 0 Å². The Hall–Kier alpha value is -0.621. The van der Waals surface area contributed by atoms with E-state index in [1.807, 2.05) is 11.9 Å². The zero-order chi connectivity index (χ0) is 12.0. The summed E-state index contributed by atoms with van der Waals surface area (Å²) in [7, 11) is 2.08. The molecule has 1 aliphatic carbocycles. The second kappa shape index (κ2) is 6.85. The molecule has 1 atom stereocenters. The van der Waals surface area contributed by atoms with Crippen LogP contribution in [-0.2, 0) is 4.79 Å². The van der Waals surface area contributed by atoms with Crippen molar-refractivity contribution in [2.75, 3.05) is 13.6 Å². The Morgan fingerprint density at radius 2 is 2.50 bits per heavy atom. The van der Waals surface area contributed by atoms with Gasteiger partial charge in [0.25, 0.3) is 0 Å². The Bertz CT molecular complexity index is 319. The van der Waals surface area contributed by atoms with E-state index in [9.17, 15) is 4.79 Å². The first kappa shape index (κ1) is 13.4. The normalized spacial score (nSPS) is 20.4. The van der Waals surface area contributed by atoms with Gasteiger partial charge in [-0.3, -0.25) is 0 Å².